The summed E-state index contributed by atoms with van der Waals surface area (Å²) in [6.45, 7) is 3.72. The van der Waals surface area contributed by atoms with Crippen molar-refractivity contribution in [1.82, 2.24) is 19.6 Å². The summed E-state index contributed by atoms with van der Waals surface area (Å²) in [5.74, 6) is 0.892. The highest BCUT2D eigenvalue weighted by atomic mass is 19.4. The molecule has 1 aromatic carbocycles. The van der Waals surface area contributed by atoms with Crippen LogP contribution in [-0.4, -0.2) is 32.8 Å². The number of ether oxygens (including phenoxy) is 2. The van der Waals surface area contributed by atoms with Gasteiger partial charge in [0.2, 0.25) is 0 Å². The topological polar surface area (TPSA) is 73.6 Å². The van der Waals surface area contributed by atoms with Gasteiger partial charge in [0.05, 0.1) is 13.2 Å². The molecule has 0 atom stereocenters. The van der Waals surface area contributed by atoms with Gasteiger partial charge in [-0.25, -0.2) is 4.98 Å². The van der Waals surface area contributed by atoms with Crippen molar-refractivity contribution in [2.45, 2.75) is 26.1 Å². The molecular formula is C16H16F3N5O2. The SMILES string of the molecule is COc1ccc(Nc2cc(C(F)(F)F)nc3ncnn23)cc1OC(C)C. The minimum Gasteiger partial charge on any atom is -0.493 e. The van der Waals surface area contributed by atoms with Crippen LogP contribution >= 0.6 is 0 Å². The number of methoxy groups -OCH3 is 1. The van der Waals surface area contributed by atoms with Crippen LogP contribution in [-0.2, 0) is 6.18 Å². The number of fused-ring (bicyclic) bond motifs is 1. The fourth-order valence-corrected chi connectivity index (χ4v) is 2.29. The molecule has 0 saturated heterocycles. The third-order valence-corrected chi connectivity index (χ3v) is 3.34. The molecular weight excluding hydrogens is 351 g/mol. The molecule has 0 aliphatic heterocycles. The number of hydrogen-bond acceptors (Lipinski definition) is 6. The van der Waals surface area contributed by atoms with E-state index in [0.717, 1.165) is 12.4 Å². The van der Waals surface area contributed by atoms with Crippen molar-refractivity contribution < 1.29 is 22.6 Å². The Morgan fingerprint density at radius 1 is 1.15 bits per heavy atom. The highest BCUT2D eigenvalue weighted by Gasteiger charge is 2.34. The van der Waals surface area contributed by atoms with Crippen molar-refractivity contribution in [2.75, 3.05) is 12.4 Å². The molecule has 3 rings (SSSR count). The monoisotopic (exact) mass is 367 g/mol. The number of benzene rings is 1. The zero-order valence-corrected chi connectivity index (χ0v) is 14.2. The Hall–Kier alpha value is -3.04. The van der Waals surface area contributed by atoms with Gasteiger partial charge in [-0.15, -0.1) is 0 Å². The second-order valence-corrected chi connectivity index (χ2v) is 5.65. The zero-order valence-electron chi connectivity index (χ0n) is 14.2. The molecule has 0 bridgehead atoms. The lowest BCUT2D eigenvalue weighted by molar-refractivity contribution is -0.141. The van der Waals surface area contributed by atoms with Gasteiger partial charge in [-0.3, -0.25) is 0 Å². The van der Waals surface area contributed by atoms with Crippen molar-refractivity contribution >= 4 is 17.3 Å². The highest BCUT2D eigenvalue weighted by molar-refractivity contribution is 5.63. The van der Waals surface area contributed by atoms with E-state index in [1.807, 2.05) is 13.8 Å². The van der Waals surface area contributed by atoms with Crippen LogP contribution < -0.4 is 14.8 Å². The molecule has 138 valence electrons. The fourth-order valence-electron chi connectivity index (χ4n) is 2.29. The first-order chi connectivity index (χ1) is 12.3. The number of rotatable bonds is 5. The van der Waals surface area contributed by atoms with E-state index in [2.05, 4.69) is 20.4 Å². The minimum atomic E-state index is -4.60. The van der Waals surface area contributed by atoms with Gasteiger partial charge >= 0.3 is 6.18 Å². The quantitative estimate of drug-likeness (QED) is 0.742. The molecule has 0 aliphatic carbocycles. The molecule has 0 radical (unpaired) electrons. The van der Waals surface area contributed by atoms with Crippen LogP contribution in [0.15, 0.2) is 30.6 Å². The number of alkyl halides is 3. The van der Waals surface area contributed by atoms with Crippen LogP contribution in [0.2, 0.25) is 0 Å². The van der Waals surface area contributed by atoms with Crippen molar-refractivity contribution in [2.24, 2.45) is 0 Å². The molecule has 1 N–H and O–H groups in total. The number of nitrogens with zero attached hydrogens (tertiary/aromatic N) is 4. The number of anilines is 2. The third-order valence-electron chi connectivity index (χ3n) is 3.34. The van der Waals surface area contributed by atoms with Crippen LogP contribution in [0.5, 0.6) is 11.5 Å². The van der Waals surface area contributed by atoms with E-state index < -0.39 is 11.9 Å². The molecule has 3 aromatic rings. The van der Waals surface area contributed by atoms with Gasteiger partial charge in [-0.1, -0.05) is 0 Å². The molecule has 0 unspecified atom stereocenters. The maximum Gasteiger partial charge on any atom is 0.433 e. The van der Waals surface area contributed by atoms with Gasteiger partial charge < -0.3 is 14.8 Å². The summed E-state index contributed by atoms with van der Waals surface area (Å²) >= 11 is 0. The molecule has 0 fully saturated rings. The Morgan fingerprint density at radius 3 is 2.58 bits per heavy atom. The smallest absolute Gasteiger partial charge is 0.433 e. The van der Waals surface area contributed by atoms with Crippen molar-refractivity contribution in [1.29, 1.82) is 0 Å². The van der Waals surface area contributed by atoms with Crippen LogP contribution in [0.1, 0.15) is 19.5 Å². The number of halogens is 3. The molecule has 0 saturated carbocycles. The summed E-state index contributed by atoms with van der Waals surface area (Å²) in [6.07, 6.45) is -3.57. The fraction of sp³-hybridized carbons (Fsp3) is 0.312. The lowest BCUT2D eigenvalue weighted by Crippen LogP contribution is -2.12. The average molecular weight is 367 g/mol. The summed E-state index contributed by atoms with van der Waals surface area (Å²) in [5, 5.41) is 6.80. The van der Waals surface area contributed by atoms with E-state index in [4.69, 9.17) is 9.47 Å². The summed E-state index contributed by atoms with van der Waals surface area (Å²) in [6, 6.07) is 5.82. The molecule has 2 heterocycles. The Labute approximate surface area is 146 Å². The number of aromatic nitrogens is 4. The van der Waals surface area contributed by atoms with Gasteiger partial charge in [0.1, 0.15) is 12.1 Å². The standard InChI is InChI=1S/C16H16F3N5O2/c1-9(2)26-12-6-10(4-5-11(12)25-3)22-14-7-13(16(17,18)19)23-15-20-8-21-24(14)15/h4-9,22H,1-3H3. The van der Waals surface area contributed by atoms with Crippen molar-refractivity contribution in [3.63, 3.8) is 0 Å². The molecule has 26 heavy (non-hydrogen) atoms. The first-order valence-corrected chi connectivity index (χ1v) is 7.67. The van der Waals surface area contributed by atoms with Gasteiger partial charge in [-0.05, 0) is 26.0 Å². The van der Waals surface area contributed by atoms with E-state index in [0.29, 0.717) is 17.2 Å². The molecule has 10 heteroatoms. The van der Waals surface area contributed by atoms with Gasteiger partial charge in [0.15, 0.2) is 17.2 Å². The normalized spacial score (nSPS) is 11.8. The van der Waals surface area contributed by atoms with E-state index >= 15 is 0 Å². The molecule has 0 spiro atoms. The lowest BCUT2D eigenvalue weighted by atomic mass is 10.2. The van der Waals surface area contributed by atoms with Crippen LogP contribution in [0.25, 0.3) is 5.78 Å². The molecule has 2 aromatic heterocycles. The summed E-state index contributed by atoms with van der Waals surface area (Å²) in [5.41, 5.74) is -0.565. The van der Waals surface area contributed by atoms with E-state index in [9.17, 15) is 13.2 Å². The summed E-state index contributed by atoms with van der Waals surface area (Å²) < 4.78 is 51.3. The zero-order chi connectivity index (χ0) is 18.9. The third kappa shape index (κ3) is 3.63. The van der Waals surface area contributed by atoms with Gasteiger partial charge in [0, 0.05) is 17.8 Å². The van der Waals surface area contributed by atoms with Crippen LogP contribution in [0.3, 0.4) is 0 Å². The largest absolute Gasteiger partial charge is 0.493 e. The maximum absolute atomic E-state index is 13.1. The second-order valence-electron chi connectivity index (χ2n) is 5.65. The van der Waals surface area contributed by atoms with Gasteiger partial charge in [-0.2, -0.15) is 27.8 Å². The van der Waals surface area contributed by atoms with Crippen molar-refractivity contribution in [3.8, 4) is 11.5 Å². The lowest BCUT2D eigenvalue weighted by Gasteiger charge is -2.16. The molecule has 7 nitrogen and oxygen atoms in total. The average Bonchev–Trinajstić information content (AvgIpc) is 3.02. The predicted molar refractivity (Wildman–Crippen MR) is 87.8 cm³/mol. The molecule has 0 amide bonds. The summed E-state index contributed by atoms with van der Waals surface area (Å²) in [4.78, 5) is 7.21. The first-order valence-electron chi connectivity index (χ1n) is 7.67. The first kappa shape index (κ1) is 17.8. The van der Waals surface area contributed by atoms with E-state index in [1.54, 1.807) is 18.2 Å². The second kappa shape index (κ2) is 6.70. The Morgan fingerprint density at radius 2 is 1.92 bits per heavy atom. The Bertz CT molecular complexity index is 924. The number of hydrogen-bond donors (Lipinski definition) is 1. The van der Waals surface area contributed by atoms with Crippen LogP contribution in [0, 0.1) is 0 Å². The van der Waals surface area contributed by atoms with E-state index in [1.165, 1.54) is 11.6 Å². The minimum absolute atomic E-state index is 0.0699. The van der Waals surface area contributed by atoms with E-state index in [-0.39, 0.29) is 17.7 Å². The maximum atomic E-state index is 13.1. The van der Waals surface area contributed by atoms with Crippen molar-refractivity contribution in [3.05, 3.63) is 36.3 Å². The Balaban J connectivity index is 2.02. The molecule has 0 aliphatic rings. The highest BCUT2D eigenvalue weighted by Crippen LogP contribution is 2.34. The Kier molecular flexibility index (Phi) is 4.58. The van der Waals surface area contributed by atoms with Crippen LogP contribution in [0.4, 0.5) is 24.7 Å². The predicted octanol–water partition coefficient (Wildman–Crippen LogP) is 3.68. The van der Waals surface area contributed by atoms with Gasteiger partial charge in [0.25, 0.3) is 5.78 Å². The number of nitrogens with one attached hydrogen (secondary N) is 1. The summed E-state index contributed by atoms with van der Waals surface area (Å²) in [7, 11) is 1.51.